The lowest BCUT2D eigenvalue weighted by Crippen LogP contribution is -2.36. The monoisotopic (exact) mass is 1210 g/mol. The first kappa shape index (κ1) is 86.9. The Bertz CT molecular complexity index is 1560. The van der Waals surface area contributed by atoms with Crippen LogP contribution in [0.15, 0.2) is 38.0 Å². The average Bonchev–Trinajstić information content (AvgIpc) is 3.45. The van der Waals surface area contributed by atoms with Crippen LogP contribution < -0.4 is 0 Å². The Morgan fingerprint density at radius 1 is 0.286 bits per heavy atom. The molecule has 9 atom stereocenters. The highest BCUT2D eigenvalue weighted by atomic mass is 19.1. The summed E-state index contributed by atoms with van der Waals surface area (Å²) < 4.78 is 45.2. The summed E-state index contributed by atoms with van der Waals surface area (Å²) in [5.41, 5.74) is 0. The van der Waals surface area contributed by atoms with E-state index in [2.05, 4.69) is 58.7 Å². The highest BCUT2D eigenvalue weighted by Gasteiger charge is 2.43. The van der Waals surface area contributed by atoms with Gasteiger partial charge in [-0.15, -0.1) is 19.7 Å². The Labute approximate surface area is 513 Å². The van der Waals surface area contributed by atoms with Crippen molar-refractivity contribution >= 4 is 0 Å². The minimum absolute atomic E-state index is 0. The van der Waals surface area contributed by atoms with Gasteiger partial charge in [-0.3, -0.25) is 0 Å². The molecule has 12 heteroatoms. The van der Waals surface area contributed by atoms with Crippen molar-refractivity contribution in [3.05, 3.63) is 38.0 Å². The van der Waals surface area contributed by atoms with Crippen LogP contribution in [0.3, 0.4) is 0 Å². The maximum absolute atomic E-state index is 15.1. The highest BCUT2D eigenvalue weighted by Crippen LogP contribution is 2.51. The van der Waals surface area contributed by atoms with Crippen LogP contribution >= 0.6 is 0 Å². The molecule has 9 nitrogen and oxygen atoms in total. The summed E-state index contributed by atoms with van der Waals surface area (Å²) in [6, 6.07) is 0. The smallest absolute Gasteiger partial charge is 0.103 e. The van der Waals surface area contributed by atoms with Gasteiger partial charge in [0.1, 0.15) is 18.5 Å². The van der Waals surface area contributed by atoms with Crippen molar-refractivity contribution in [1.82, 2.24) is 0 Å². The molecule has 0 radical (unpaired) electrons. The van der Waals surface area contributed by atoms with Gasteiger partial charge in [-0.1, -0.05) is 135 Å². The number of hydrogen-bond donors (Lipinski definition) is 0. The Morgan fingerprint density at radius 3 is 0.750 bits per heavy atom. The van der Waals surface area contributed by atoms with Gasteiger partial charge < -0.3 is 49.3 Å². The van der Waals surface area contributed by atoms with Crippen LogP contribution in [0.5, 0.6) is 0 Å². The molecule has 0 aromatic heterocycles. The van der Waals surface area contributed by atoms with E-state index >= 15 is 13.2 Å². The molecule has 0 amide bonds. The SMILES string of the molecule is C=CCCC1CCC(C2CCC(C3CCC(C)CC3)CC2F)CC1.C=CCCC1CCC(C2CCC(C3CCC(CC)CC3)CC2F)CC1.C=CCCC1CCC(C2CCC(C3CCC(CCC)CC3)CC2F)CC1.O.O.O.O.O.O.O.O.O. The fourth-order valence-corrected chi connectivity index (χ4v) is 19.3. The zero-order chi connectivity index (χ0) is 52.9. The van der Waals surface area contributed by atoms with E-state index in [1.54, 1.807) is 0 Å². The maximum atomic E-state index is 15.1. The molecule has 9 rings (SSSR count). The quantitative estimate of drug-likeness (QED) is 0.116. The third kappa shape index (κ3) is 26.6. The summed E-state index contributed by atoms with van der Waals surface area (Å²) in [7, 11) is 0. The molecule has 9 aliphatic rings. The van der Waals surface area contributed by atoms with Crippen LogP contribution in [-0.2, 0) is 0 Å². The lowest BCUT2D eigenvalue weighted by Gasteiger charge is -2.43. The van der Waals surface area contributed by atoms with Gasteiger partial charge in [0.25, 0.3) is 0 Å². The van der Waals surface area contributed by atoms with E-state index < -0.39 is 18.5 Å². The van der Waals surface area contributed by atoms with Crippen molar-refractivity contribution in [3.63, 3.8) is 0 Å². The number of alkyl halides is 3. The van der Waals surface area contributed by atoms with Crippen molar-refractivity contribution in [2.45, 2.75) is 309 Å². The molecule has 0 spiro atoms. The lowest BCUT2D eigenvalue weighted by molar-refractivity contribution is 0.0326. The van der Waals surface area contributed by atoms with Gasteiger partial charge in [0, 0.05) is 0 Å². The van der Waals surface area contributed by atoms with Crippen molar-refractivity contribution in [2.75, 3.05) is 0 Å². The molecule has 0 bridgehead atoms. The van der Waals surface area contributed by atoms with E-state index in [1.165, 1.54) is 231 Å². The Hall–Kier alpha value is -1.35. The number of halogens is 3. The number of hydrogen-bond acceptors (Lipinski definition) is 0. The predicted octanol–water partition coefficient (Wildman–Crippen LogP) is 15.8. The first-order valence-electron chi connectivity index (χ1n) is 34.3. The molecule has 9 saturated carbocycles. The normalized spacial score (nSPS) is 38.3. The second-order valence-electron chi connectivity index (χ2n) is 29.0. The fourth-order valence-electron chi connectivity index (χ4n) is 19.3. The van der Waals surface area contributed by atoms with Crippen LogP contribution in [-0.4, -0.2) is 67.8 Å². The summed E-state index contributed by atoms with van der Waals surface area (Å²) in [4.78, 5) is 0. The van der Waals surface area contributed by atoms with Crippen molar-refractivity contribution in [1.29, 1.82) is 0 Å². The summed E-state index contributed by atoms with van der Waals surface area (Å²) in [6.45, 7) is 18.6. The standard InChI is InChI=1S/C25H43F.C24H41F.C23H39F.9H2O/c1-3-5-7-20-10-14-22(15-11-20)24-17-16-23(18-25(24)26)21-12-8-19(6-4-2)9-13-21;1-3-5-6-19-9-13-21(14-10-19)23-16-15-22(17-24(23)25)20-11-7-18(4-2)8-12-20;1-3-4-5-18-8-12-20(13-9-18)22-15-14-21(16-23(22)24)19-10-6-17(2)7-11-19;;;;;;;;;/h3,19-25H,1,4-18H2,2H3;3,18-24H,1,4-17H2,2H3;3,17-23H,1,4-16H2,2H3;9*1H2. The third-order valence-electron chi connectivity index (χ3n) is 24.5. The summed E-state index contributed by atoms with van der Waals surface area (Å²) in [6.07, 6.45) is 58.8. The van der Waals surface area contributed by atoms with Gasteiger partial charge in [-0.25, -0.2) is 13.2 Å². The molecule has 0 aromatic carbocycles. The van der Waals surface area contributed by atoms with Crippen LogP contribution in [0.2, 0.25) is 0 Å². The van der Waals surface area contributed by atoms with Gasteiger partial charge in [0.2, 0.25) is 0 Å². The van der Waals surface area contributed by atoms with Crippen LogP contribution in [0.1, 0.15) is 290 Å². The molecule has 0 aromatic rings. The molecule has 9 unspecified atom stereocenters. The molecule has 0 heterocycles. The summed E-state index contributed by atoms with van der Waals surface area (Å²) in [5.74, 6) is 13.4. The molecular weight excluding hydrogens is 1070 g/mol. The van der Waals surface area contributed by atoms with Crippen molar-refractivity contribution < 1.29 is 62.5 Å². The molecule has 18 N–H and O–H groups in total. The topological polar surface area (TPSA) is 284 Å². The van der Waals surface area contributed by atoms with Gasteiger partial charge in [-0.2, -0.15) is 0 Å². The van der Waals surface area contributed by atoms with E-state index in [0.717, 1.165) is 91.8 Å². The van der Waals surface area contributed by atoms with Crippen LogP contribution in [0.25, 0.3) is 0 Å². The minimum atomic E-state index is -0.503. The third-order valence-corrected chi connectivity index (χ3v) is 24.5. The van der Waals surface area contributed by atoms with Crippen LogP contribution in [0, 0.1) is 107 Å². The number of rotatable bonds is 18. The first-order chi connectivity index (χ1) is 36.6. The molecule has 84 heavy (non-hydrogen) atoms. The van der Waals surface area contributed by atoms with E-state index in [1.807, 2.05) is 0 Å². The minimum Gasteiger partial charge on any atom is -0.412 e. The molecule has 0 aliphatic heterocycles. The van der Waals surface area contributed by atoms with E-state index in [-0.39, 0.29) is 49.3 Å². The molecular formula is C72H141F3O9. The van der Waals surface area contributed by atoms with Gasteiger partial charge in [-0.05, 0) is 280 Å². The Kier molecular flexibility index (Phi) is 48.3. The van der Waals surface area contributed by atoms with E-state index in [0.29, 0.717) is 53.3 Å². The van der Waals surface area contributed by atoms with E-state index in [4.69, 9.17) is 0 Å². The van der Waals surface area contributed by atoms with Crippen LogP contribution in [0.4, 0.5) is 13.2 Å². The van der Waals surface area contributed by atoms with Gasteiger partial charge in [0.15, 0.2) is 0 Å². The second kappa shape index (κ2) is 46.7. The van der Waals surface area contributed by atoms with E-state index in [9.17, 15) is 0 Å². The van der Waals surface area contributed by atoms with Gasteiger partial charge in [0.05, 0.1) is 0 Å². The van der Waals surface area contributed by atoms with Gasteiger partial charge >= 0.3 is 0 Å². The molecule has 9 fully saturated rings. The fraction of sp³-hybridized carbons (Fsp3) is 0.917. The van der Waals surface area contributed by atoms with Crippen molar-refractivity contribution in [2.24, 2.45) is 107 Å². The Balaban J connectivity index is -0.00000111. The zero-order valence-electron chi connectivity index (χ0n) is 54.3. The summed E-state index contributed by atoms with van der Waals surface area (Å²) in [5, 5.41) is 0. The zero-order valence-corrected chi connectivity index (χ0v) is 54.3. The largest absolute Gasteiger partial charge is 0.412 e. The predicted molar refractivity (Wildman–Crippen MR) is 352 cm³/mol. The van der Waals surface area contributed by atoms with Crippen molar-refractivity contribution in [3.8, 4) is 0 Å². The maximum Gasteiger partial charge on any atom is 0.103 e. The molecule has 0 saturated heterocycles. The highest BCUT2D eigenvalue weighted by molar-refractivity contribution is 4.94. The molecule has 504 valence electrons. The average molecular weight is 1210 g/mol. The summed E-state index contributed by atoms with van der Waals surface area (Å²) >= 11 is 0. The first-order valence-corrected chi connectivity index (χ1v) is 34.3. The second-order valence-corrected chi connectivity index (χ2v) is 29.0. The molecule has 9 aliphatic carbocycles. The lowest BCUT2D eigenvalue weighted by atomic mass is 9.64. The Morgan fingerprint density at radius 2 is 0.512 bits per heavy atom. The number of allylic oxidation sites excluding steroid dienone is 3.